The lowest BCUT2D eigenvalue weighted by Gasteiger charge is -2.24. The van der Waals surface area contributed by atoms with Gasteiger partial charge in [0.15, 0.2) is 0 Å². The van der Waals surface area contributed by atoms with E-state index < -0.39 is 0 Å². The molecular weight excluding hydrogens is 185 g/mol. The van der Waals surface area contributed by atoms with E-state index in [0.717, 1.165) is 0 Å². The molecule has 5 heteroatoms. The van der Waals surface area contributed by atoms with Gasteiger partial charge >= 0.3 is 6.03 Å². The van der Waals surface area contributed by atoms with Crippen molar-refractivity contribution < 1.29 is 9.18 Å². The first-order chi connectivity index (χ1) is 6.77. The molecule has 2 rings (SSSR count). The summed E-state index contributed by atoms with van der Waals surface area (Å²) in [5.74, 6) is -0.246. The van der Waals surface area contributed by atoms with Gasteiger partial charge in [-0.2, -0.15) is 0 Å². The third-order valence-corrected chi connectivity index (χ3v) is 2.10. The van der Waals surface area contributed by atoms with Crippen molar-refractivity contribution in [2.75, 3.05) is 13.1 Å². The van der Waals surface area contributed by atoms with Crippen LogP contribution < -0.4 is 0 Å². The third kappa shape index (κ3) is 1.66. The first-order valence-corrected chi connectivity index (χ1v) is 4.39. The van der Waals surface area contributed by atoms with Crippen LogP contribution in [0.4, 0.5) is 9.18 Å². The van der Waals surface area contributed by atoms with Gasteiger partial charge in [0.25, 0.3) is 0 Å². The molecule has 0 fully saturated rings. The Labute approximate surface area is 80.7 Å². The van der Waals surface area contributed by atoms with Gasteiger partial charge in [0.1, 0.15) is 12.2 Å². The molecule has 0 saturated carbocycles. The number of carbonyl (C=O) groups is 1. The Morgan fingerprint density at radius 3 is 3.07 bits per heavy atom. The van der Waals surface area contributed by atoms with E-state index in [9.17, 15) is 9.18 Å². The molecule has 0 unspecified atom stereocenters. The molecule has 1 aromatic heterocycles. The van der Waals surface area contributed by atoms with Crippen LogP contribution in [0.2, 0.25) is 0 Å². The molecule has 0 bridgehead atoms. The van der Waals surface area contributed by atoms with Gasteiger partial charge in [-0.3, -0.25) is 4.57 Å². The summed E-state index contributed by atoms with van der Waals surface area (Å²) in [6.07, 6.45) is 6.58. The Bertz CT molecular complexity index is 358. The molecule has 1 aliphatic heterocycles. The van der Waals surface area contributed by atoms with Crippen molar-refractivity contribution in [2.45, 2.75) is 6.42 Å². The van der Waals surface area contributed by atoms with Crippen LogP contribution in [0.3, 0.4) is 0 Å². The minimum atomic E-state index is -0.246. The maximum absolute atomic E-state index is 12.9. The van der Waals surface area contributed by atoms with E-state index in [4.69, 9.17) is 0 Å². The minimum Gasteiger partial charge on any atom is -0.317 e. The third-order valence-electron chi connectivity index (χ3n) is 2.10. The summed E-state index contributed by atoms with van der Waals surface area (Å²) in [7, 11) is 0. The van der Waals surface area contributed by atoms with Crippen molar-refractivity contribution in [1.29, 1.82) is 0 Å². The van der Waals surface area contributed by atoms with E-state index in [2.05, 4.69) is 4.98 Å². The average Bonchev–Trinajstić information content (AvgIpc) is 2.69. The molecule has 1 aliphatic rings. The highest BCUT2D eigenvalue weighted by atomic mass is 19.1. The van der Waals surface area contributed by atoms with Gasteiger partial charge < -0.3 is 4.90 Å². The molecule has 74 valence electrons. The number of hydrogen-bond acceptors (Lipinski definition) is 2. The van der Waals surface area contributed by atoms with Crippen LogP contribution in [-0.4, -0.2) is 33.6 Å². The van der Waals surface area contributed by atoms with E-state index in [0.29, 0.717) is 13.0 Å². The summed E-state index contributed by atoms with van der Waals surface area (Å²) >= 11 is 0. The first kappa shape index (κ1) is 8.93. The lowest BCUT2D eigenvalue weighted by molar-refractivity contribution is 0.198. The number of carbonyl (C=O) groups excluding carboxylic acids is 1. The Hall–Kier alpha value is -1.65. The van der Waals surface area contributed by atoms with Crippen LogP contribution in [0.25, 0.3) is 0 Å². The lowest BCUT2D eigenvalue weighted by atomic mass is 10.2. The molecule has 1 aromatic rings. The highest BCUT2D eigenvalue weighted by Gasteiger charge is 2.18. The molecule has 1 amide bonds. The summed E-state index contributed by atoms with van der Waals surface area (Å²) in [5.41, 5.74) is 0. The molecule has 0 saturated heterocycles. The highest BCUT2D eigenvalue weighted by Crippen LogP contribution is 2.11. The van der Waals surface area contributed by atoms with E-state index in [1.54, 1.807) is 6.20 Å². The molecule has 14 heavy (non-hydrogen) atoms. The van der Waals surface area contributed by atoms with Crippen LogP contribution in [-0.2, 0) is 0 Å². The zero-order valence-electron chi connectivity index (χ0n) is 7.56. The number of halogens is 1. The number of nitrogens with zero attached hydrogens (tertiary/aromatic N) is 3. The van der Waals surface area contributed by atoms with Gasteiger partial charge in [-0.1, -0.05) is 0 Å². The van der Waals surface area contributed by atoms with Crippen molar-refractivity contribution in [3.8, 4) is 0 Å². The Kier molecular flexibility index (Phi) is 2.30. The van der Waals surface area contributed by atoms with Crippen LogP contribution in [0.5, 0.6) is 0 Å². The highest BCUT2D eigenvalue weighted by molar-refractivity contribution is 5.77. The zero-order valence-corrected chi connectivity index (χ0v) is 7.56. The molecule has 0 aliphatic carbocycles. The molecule has 0 atom stereocenters. The Morgan fingerprint density at radius 1 is 1.57 bits per heavy atom. The maximum atomic E-state index is 12.9. The predicted octanol–water partition coefficient (Wildman–Crippen LogP) is 1.41. The van der Waals surface area contributed by atoms with Crippen molar-refractivity contribution in [3.05, 3.63) is 30.6 Å². The quantitative estimate of drug-likeness (QED) is 0.627. The maximum Gasteiger partial charge on any atom is 0.329 e. The number of aromatic nitrogens is 2. The first-order valence-electron chi connectivity index (χ1n) is 4.39. The largest absolute Gasteiger partial charge is 0.329 e. The molecule has 4 nitrogen and oxygen atoms in total. The summed E-state index contributed by atoms with van der Waals surface area (Å²) < 4.78 is 14.2. The van der Waals surface area contributed by atoms with Gasteiger partial charge in [0.05, 0.1) is 6.54 Å². The Morgan fingerprint density at radius 2 is 2.43 bits per heavy atom. The zero-order chi connectivity index (χ0) is 9.97. The smallest absolute Gasteiger partial charge is 0.317 e. The van der Waals surface area contributed by atoms with Crippen molar-refractivity contribution >= 4 is 6.03 Å². The van der Waals surface area contributed by atoms with Gasteiger partial charge in [-0.25, -0.2) is 14.2 Å². The number of hydrogen-bond donors (Lipinski definition) is 0. The summed E-state index contributed by atoms with van der Waals surface area (Å²) in [6.45, 7) is 0.626. The number of rotatable bonds is 0. The lowest BCUT2D eigenvalue weighted by Crippen LogP contribution is -2.37. The average molecular weight is 195 g/mol. The molecule has 0 N–H and O–H groups in total. The van der Waals surface area contributed by atoms with Gasteiger partial charge in [0, 0.05) is 18.9 Å². The van der Waals surface area contributed by atoms with Crippen molar-refractivity contribution in [2.24, 2.45) is 0 Å². The van der Waals surface area contributed by atoms with Gasteiger partial charge in [-0.15, -0.1) is 0 Å². The molecule has 0 aromatic carbocycles. The molecule has 0 radical (unpaired) electrons. The Balaban J connectivity index is 2.10. The van der Waals surface area contributed by atoms with Gasteiger partial charge in [0.2, 0.25) is 0 Å². The second kappa shape index (κ2) is 3.61. The number of imidazole rings is 1. The fourth-order valence-corrected chi connectivity index (χ4v) is 1.40. The van der Waals surface area contributed by atoms with E-state index in [-0.39, 0.29) is 18.4 Å². The SMILES string of the molecule is O=C(N1CCC=C(F)C1)n1ccnc1. The monoisotopic (exact) mass is 195 g/mol. The summed E-state index contributed by atoms with van der Waals surface area (Å²) in [6, 6.07) is -0.231. The van der Waals surface area contributed by atoms with Gasteiger partial charge in [-0.05, 0) is 12.5 Å². The normalized spacial score (nSPS) is 16.6. The second-order valence-electron chi connectivity index (χ2n) is 3.11. The van der Waals surface area contributed by atoms with Crippen LogP contribution in [0.15, 0.2) is 30.6 Å². The van der Waals surface area contributed by atoms with Crippen LogP contribution >= 0.6 is 0 Å². The fraction of sp³-hybridized carbons (Fsp3) is 0.333. The van der Waals surface area contributed by atoms with Crippen LogP contribution in [0.1, 0.15) is 6.42 Å². The van der Waals surface area contributed by atoms with E-state index >= 15 is 0 Å². The van der Waals surface area contributed by atoms with E-state index in [1.807, 2.05) is 0 Å². The minimum absolute atomic E-state index is 0.0665. The fourth-order valence-electron chi connectivity index (χ4n) is 1.40. The summed E-state index contributed by atoms with van der Waals surface area (Å²) in [4.78, 5) is 16.9. The van der Waals surface area contributed by atoms with Crippen LogP contribution in [0, 0.1) is 0 Å². The number of amides is 1. The molecular formula is C9H10FN3O. The van der Waals surface area contributed by atoms with Crippen molar-refractivity contribution in [3.63, 3.8) is 0 Å². The summed E-state index contributed by atoms with van der Waals surface area (Å²) in [5, 5.41) is 0. The standard InChI is InChI=1S/C9H10FN3O/c10-8-2-1-4-12(6-8)9(14)13-5-3-11-7-13/h2-3,5,7H,1,4,6H2. The molecule has 0 spiro atoms. The van der Waals surface area contributed by atoms with E-state index in [1.165, 1.54) is 28.1 Å². The second-order valence-corrected chi connectivity index (χ2v) is 3.11. The predicted molar refractivity (Wildman–Crippen MR) is 48.4 cm³/mol. The topological polar surface area (TPSA) is 38.1 Å². The molecule has 2 heterocycles. The van der Waals surface area contributed by atoms with Crippen molar-refractivity contribution in [1.82, 2.24) is 14.5 Å².